The molecular weight excluding hydrogens is 332 g/mol. The predicted octanol–water partition coefficient (Wildman–Crippen LogP) is 2.02. The summed E-state index contributed by atoms with van der Waals surface area (Å²) in [6.07, 6.45) is 4.67. The van der Waals surface area contributed by atoms with Gasteiger partial charge in [-0.05, 0) is 63.4 Å². The summed E-state index contributed by atoms with van der Waals surface area (Å²) < 4.78 is 11.1. The minimum atomic E-state index is -0.0251. The van der Waals surface area contributed by atoms with E-state index in [2.05, 4.69) is 10.2 Å². The minimum Gasteiger partial charge on any atom is -0.486 e. The van der Waals surface area contributed by atoms with Crippen LogP contribution in [0.15, 0.2) is 18.2 Å². The number of fused-ring (bicyclic) bond motifs is 1. The van der Waals surface area contributed by atoms with E-state index in [0.29, 0.717) is 30.3 Å². The number of nitrogens with one attached hydrogen (secondary N) is 1. The van der Waals surface area contributed by atoms with Gasteiger partial charge in [-0.2, -0.15) is 0 Å². The highest BCUT2D eigenvalue weighted by atomic mass is 16.6. The van der Waals surface area contributed by atoms with E-state index in [0.717, 1.165) is 51.7 Å². The van der Waals surface area contributed by atoms with Gasteiger partial charge in [0, 0.05) is 18.0 Å². The van der Waals surface area contributed by atoms with Crippen LogP contribution in [0.5, 0.6) is 11.5 Å². The van der Waals surface area contributed by atoms with E-state index in [9.17, 15) is 9.59 Å². The molecule has 2 saturated heterocycles. The number of nitrogens with zero attached hydrogens (tertiary/aromatic N) is 1. The van der Waals surface area contributed by atoms with Crippen molar-refractivity contribution in [3.63, 3.8) is 0 Å². The molecule has 26 heavy (non-hydrogen) atoms. The molecule has 3 aliphatic heterocycles. The number of ketones is 1. The number of hydrogen-bond donors (Lipinski definition) is 1. The molecule has 4 rings (SSSR count). The Bertz CT molecular complexity index is 682. The second-order valence-electron chi connectivity index (χ2n) is 7.34. The van der Waals surface area contributed by atoms with Gasteiger partial charge in [-0.15, -0.1) is 0 Å². The fourth-order valence-electron chi connectivity index (χ4n) is 4.18. The molecule has 0 aromatic heterocycles. The topological polar surface area (TPSA) is 67.9 Å². The lowest BCUT2D eigenvalue weighted by atomic mass is 9.88. The first-order valence-electron chi connectivity index (χ1n) is 9.68. The first-order chi connectivity index (χ1) is 12.7. The molecule has 1 aromatic rings. The Kier molecular flexibility index (Phi) is 5.11. The molecule has 0 saturated carbocycles. The van der Waals surface area contributed by atoms with Gasteiger partial charge in [0.05, 0.1) is 6.04 Å². The Morgan fingerprint density at radius 2 is 1.81 bits per heavy atom. The van der Waals surface area contributed by atoms with Crippen LogP contribution in [0.2, 0.25) is 0 Å². The monoisotopic (exact) mass is 358 g/mol. The van der Waals surface area contributed by atoms with Gasteiger partial charge in [0.15, 0.2) is 17.3 Å². The summed E-state index contributed by atoms with van der Waals surface area (Å²) in [6.45, 7) is 3.46. The van der Waals surface area contributed by atoms with E-state index < -0.39 is 0 Å². The Balaban J connectivity index is 1.38. The highest BCUT2D eigenvalue weighted by Gasteiger charge is 2.33. The first-order valence-corrected chi connectivity index (χ1v) is 9.68. The van der Waals surface area contributed by atoms with E-state index in [1.165, 1.54) is 0 Å². The van der Waals surface area contributed by atoms with Crippen LogP contribution < -0.4 is 14.8 Å². The lowest BCUT2D eigenvalue weighted by Crippen LogP contribution is -2.49. The van der Waals surface area contributed by atoms with Crippen LogP contribution in [-0.4, -0.2) is 55.5 Å². The predicted molar refractivity (Wildman–Crippen MR) is 96.7 cm³/mol. The molecule has 140 valence electrons. The SMILES string of the molecule is O=C(c1ccc2c(c1)OCCO2)C1CCN(C2CCCCNC2=O)CC1. The second kappa shape index (κ2) is 7.66. The molecular formula is C20H26N2O4. The molecule has 0 spiro atoms. The molecule has 1 unspecified atom stereocenters. The van der Waals surface area contributed by atoms with Crippen LogP contribution in [0.1, 0.15) is 42.5 Å². The van der Waals surface area contributed by atoms with Gasteiger partial charge in [0.25, 0.3) is 0 Å². The summed E-state index contributed by atoms with van der Waals surface area (Å²) in [7, 11) is 0. The maximum atomic E-state index is 12.9. The fourth-order valence-corrected chi connectivity index (χ4v) is 4.18. The lowest BCUT2D eigenvalue weighted by Gasteiger charge is -2.35. The number of Topliss-reactive ketones (excluding diaryl/α,β-unsaturated/α-hetero) is 1. The van der Waals surface area contributed by atoms with E-state index in [1.807, 2.05) is 18.2 Å². The molecule has 6 nitrogen and oxygen atoms in total. The third-order valence-corrected chi connectivity index (χ3v) is 5.67. The zero-order valence-electron chi connectivity index (χ0n) is 15.0. The highest BCUT2D eigenvalue weighted by Crippen LogP contribution is 2.33. The molecule has 3 heterocycles. The van der Waals surface area contributed by atoms with Crippen LogP contribution in [-0.2, 0) is 4.79 Å². The van der Waals surface area contributed by atoms with Gasteiger partial charge in [-0.1, -0.05) is 0 Å². The zero-order valence-corrected chi connectivity index (χ0v) is 15.0. The van der Waals surface area contributed by atoms with Crippen molar-refractivity contribution in [2.75, 3.05) is 32.8 Å². The normalized spacial score (nSPS) is 24.6. The highest BCUT2D eigenvalue weighted by molar-refractivity contribution is 5.98. The number of likely N-dealkylation sites (tertiary alicyclic amines) is 1. The van der Waals surface area contributed by atoms with Crippen molar-refractivity contribution in [2.24, 2.45) is 5.92 Å². The largest absolute Gasteiger partial charge is 0.486 e. The van der Waals surface area contributed by atoms with Crippen molar-refractivity contribution in [3.8, 4) is 11.5 Å². The quantitative estimate of drug-likeness (QED) is 0.838. The third-order valence-electron chi connectivity index (χ3n) is 5.67. The van der Waals surface area contributed by atoms with Crippen LogP contribution >= 0.6 is 0 Å². The molecule has 0 aliphatic carbocycles. The van der Waals surface area contributed by atoms with Crippen molar-refractivity contribution in [3.05, 3.63) is 23.8 Å². The van der Waals surface area contributed by atoms with Gasteiger partial charge in [-0.25, -0.2) is 0 Å². The number of carbonyl (C=O) groups excluding carboxylic acids is 2. The molecule has 6 heteroatoms. The number of carbonyl (C=O) groups is 2. The van der Waals surface area contributed by atoms with Gasteiger partial charge in [0.2, 0.25) is 5.91 Å². The van der Waals surface area contributed by atoms with Crippen molar-refractivity contribution in [1.29, 1.82) is 0 Å². The Labute approximate surface area is 153 Å². The number of hydrogen-bond acceptors (Lipinski definition) is 5. The molecule has 0 bridgehead atoms. The third kappa shape index (κ3) is 3.56. The molecule has 1 N–H and O–H groups in total. The summed E-state index contributed by atoms with van der Waals surface area (Å²) in [5.41, 5.74) is 0.694. The maximum absolute atomic E-state index is 12.9. The van der Waals surface area contributed by atoms with E-state index in [4.69, 9.17) is 9.47 Å². The summed E-state index contributed by atoms with van der Waals surface area (Å²) >= 11 is 0. The van der Waals surface area contributed by atoms with Gasteiger partial charge >= 0.3 is 0 Å². The molecule has 3 aliphatic rings. The van der Waals surface area contributed by atoms with Crippen LogP contribution in [0.4, 0.5) is 0 Å². The number of amides is 1. The van der Waals surface area contributed by atoms with E-state index >= 15 is 0 Å². The lowest BCUT2D eigenvalue weighted by molar-refractivity contribution is -0.126. The standard InChI is InChI=1S/C20H26N2O4/c23-19(15-4-5-17-18(13-15)26-12-11-25-17)14-6-9-22(10-7-14)16-3-1-2-8-21-20(16)24/h4-5,13-14,16H,1-3,6-12H2,(H,21,24). The Hall–Kier alpha value is -2.08. The van der Waals surface area contributed by atoms with Gasteiger partial charge < -0.3 is 14.8 Å². The summed E-state index contributed by atoms with van der Waals surface area (Å²) in [5, 5.41) is 3.01. The van der Waals surface area contributed by atoms with Gasteiger partial charge in [-0.3, -0.25) is 14.5 Å². The smallest absolute Gasteiger partial charge is 0.237 e. The minimum absolute atomic E-state index is 0.0163. The Morgan fingerprint density at radius 1 is 1.04 bits per heavy atom. The second-order valence-corrected chi connectivity index (χ2v) is 7.34. The molecule has 0 radical (unpaired) electrons. The average molecular weight is 358 g/mol. The summed E-state index contributed by atoms with van der Waals surface area (Å²) in [4.78, 5) is 27.4. The number of ether oxygens (including phenoxy) is 2. The number of rotatable bonds is 3. The zero-order chi connectivity index (χ0) is 17.9. The summed E-state index contributed by atoms with van der Waals surface area (Å²) in [6, 6.07) is 5.44. The number of piperidine rings is 1. The number of benzene rings is 1. The van der Waals surface area contributed by atoms with E-state index in [-0.39, 0.29) is 23.7 Å². The molecule has 1 atom stereocenters. The van der Waals surface area contributed by atoms with Crippen LogP contribution in [0.25, 0.3) is 0 Å². The van der Waals surface area contributed by atoms with Crippen molar-refractivity contribution >= 4 is 11.7 Å². The molecule has 2 fully saturated rings. The molecule has 1 aromatic carbocycles. The van der Waals surface area contributed by atoms with Gasteiger partial charge in [0.1, 0.15) is 13.2 Å². The maximum Gasteiger partial charge on any atom is 0.237 e. The van der Waals surface area contributed by atoms with Crippen LogP contribution in [0.3, 0.4) is 0 Å². The molecule has 1 amide bonds. The first kappa shape index (κ1) is 17.3. The Morgan fingerprint density at radius 3 is 2.62 bits per heavy atom. The van der Waals surface area contributed by atoms with Crippen molar-refractivity contribution < 1.29 is 19.1 Å². The average Bonchev–Trinajstić information content (AvgIpc) is 2.91. The van der Waals surface area contributed by atoms with Crippen LogP contribution in [0, 0.1) is 5.92 Å². The fraction of sp³-hybridized carbons (Fsp3) is 0.600. The van der Waals surface area contributed by atoms with Crippen molar-refractivity contribution in [1.82, 2.24) is 10.2 Å². The summed E-state index contributed by atoms with van der Waals surface area (Å²) in [5.74, 6) is 1.71. The van der Waals surface area contributed by atoms with E-state index in [1.54, 1.807) is 0 Å². The van der Waals surface area contributed by atoms with Crippen molar-refractivity contribution in [2.45, 2.75) is 38.1 Å².